The second-order valence-electron chi connectivity index (χ2n) is 5.11. The maximum Gasteiger partial charge on any atom is 0.290 e. The number of carbonyl (C=O) groups excluding carboxylic acids is 1. The highest BCUT2D eigenvalue weighted by atomic mass is 16.3. The van der Waals surface area contributed by atoms with Gasteiger partial charge in [0.1, 0.15) is 5.82 Å². The van der Waals surface area contributed by atoms with Gasteiger partial charge in [0.05, 0.1) is 0 Å². The smallest absolute Gasteiger partial charge is 0.290 e. The van der Waals surface area contributed by atoms with E-state index < -0.39 is 0 Å². The van der Waals surface area contributed by atoms with Crippen molar-refractivity contribution in [1.82, 2.24) is 10.3 Å². The first kappa shape index (κ1) is 16.5. The number of rotatable bonds is 3. The number of aromatic nitrogens is 1. The average molecular weight is 313 g/mol. The van der Waals surface area contributed by atoms with Crippen LogP contribution in [0.1, 0.15) is 17.9 Å². The molecule has 1 atom stereocenters. The fourth-order valence-electron chi connectivity index (χ4n) is 2.50. The quantitative estimate of drug-likeness (QED) is 0.755. The summed E-state index contributed by atoms with van der Waals surface area (Å²) in [7, 11) is 1.85. The van der Waals surface area contributed by atoms with Crippen LogP contribution in [-0.4, -0.2) is 36.1 Å². The third-order valence-corrected chi connectivity index (χ3v) is 3.71. The number of hydrogen-bond acceptors (Lipinski definition) is 4. The molecule has 1 aliphatic heterocycles. The second kappa shape index (κ2) is 7.93. The number of carbonyl (C=O) groups is 2. The van der Waals surface area contributed by atoms with Gasteiger partial charge in [-0.3, -0.25) is 9.59 Å². The predicted molar refractivity (Wildman–Crippen MR) is 88.3 cm³/mol. The zero-order valence-corrected chi connectivity index (χ0v) is 12.8. The molecule has 1 aliphatic rings. The van der Waals surface area contributed by atoms with Crippen molar-refractivity contribution in [3.8, 4) is 11.1 Å². The third-order valence-electron chi connectivity index (χ3n) is 3.71. The second-order valence-corrected chi connectivity index (χ2v) is 5.11. The molecule has 0 aliphatic carbocycles. The van der Waals surface area contributed by atoms with Crippen LogP contribution in [-0.2, 0) is 9.59 Å². The lowest BCUT2D eigenvalue weighted by Crippen LogP contribution is -2.13. The van der Waals surface area contributed by atoms with Gasteiger partial charge in [-0.15, -0.1) is 0 Å². The molecule has 1 saturated heterocycles. The molecule has 1 unspecified atom stereocenters. The van der Waals surface area contributed by atoms with Gasteiger partial charge in [0, 0.05) is 37.7 Å². The molecule has 0 radical (unpaired) electrons. The van der Waals surface area contributed by atoms with Crippen molar-refractivity contribution in [2.45, 2.75) is 12.3 Å². The highest BCUT2D eigenvalue weighted by Gasteiger charge is 2.22. The van der Waals surface area contributed by atoms with Gasteiger partial charge in [-0.05, 0) is 23.3 Å². The zero-order valence-electron chi connectivity index (χ0n) is 12.8. The minimum absolute atomic E-state index is 0.144. The first-order valence-corrected chi connectivity index (χ1v) is 7.26. The molecule has 3 N–H and O–H groups in total. The van der Waals surface area contributed by atoms with Gasteiger partial charge in [0.2, 0.25) is 5.91 Å². The third kappa shape index (κ3) is 4.29. The minimum atomic E-state index is -0.250. The lowest BCUT2D eigenvalue weighted by molar-refractivity contribution is -0.123. The van der Waals surface area contributed by atoms with Crippen molar-refractivity contribution in [3.05, 3.63) is 48.2 Å². The van der Waals surface area contributed by atoms with Crippen LogP contribution >= 0.6 is 0 Å². The summed E-state index contributed by atoms with van der Waals surface area (Å²) < 4.78 is 0. The van der Waals surface area contributed by atoms with Crippen LogP contribution in [0.4, 0.5) is 5.82 Å². The van der Waals surface area contributed by atoms with E-state index in [0.717, 1.165) is 23.5 Å². The highest BCUT2D eigenvalue weighted by molar-refractivity contribution is 5.79. The van der Waals surface area contributed by atoms with Crippen LogP contribution in [0.3, 0.4) is 0 Å². The maximum atomic E-state index is 11.3. The molecule has 6 heteroatoms. The van der Waals surface area contributed by atoms with Gasteiger partial charge in [0.15, 0.2) is 0 Å². The first-order valence-electron chi connectivity index (χ1n) is 7.26. The molecule has 0 spiro atoms. The molecular weight excluding hydrogens is 294 g/mol. The molecule has 0 saturated carbocycles. The Morgan fingerprint density at radius 1 is 1.22 bits per heavy atom. The van der Waals surface area contributed by atoms with Crippen LogP contribution < -0.4 is 10.6 Å². The number of carboxylic acid groups (broad SMARTS) is 1. The number of benzene rings is 1. The Morgan fingerprint density at radius 2 is 1.87 bits per heavy atom. The summed E-state index contributed by atoms with van der Waals surface area (Å²) in [6, 6.07) is 12.4. The van der Waals surface area contributed by atoms with Gasteiger partial charge < -0.3 is 15.7 Å². The Bertz CT molecular complexity index is 654. The van der Waals surface area contributed by atoms with Crippen LogP contribution in [0.25, 0.3) is 11.1 Å². The van der Waals surface area contributed by atoms with E-state index >= 15 is 0 Å². The molecule has 1 aromatic heterocycles. The molecule has 0 bridgehead atoms. The Labute approximate surface area is 134 Å². The Kier molecular flexibility index (Phi) is 5.68. The fraction of sp³-hybridized carbons (Fsp3) is 0.235. The summed E-state index contributed by atoms with van der Waals surface area (Å²) in [6.45, 7) is 0.497. The number of amides is 1. The topological polar surface area (TPSA) is 91.3 Å². The molecule has 1 aromatic carbocycles. The number of nitrogens with one attached hydrogen (secondary N) is 2. The number of nitrogens with zero attached hydrogens (tertiary/aromatic N) is 1. The van der Waals surface area contributed by atoms with E-state index in [1.165, 1.54) is 5.56 Å². The summed E-state index contributed by atoms with van der Waals surface area (Å²) in [5.41, 5.74) is 3.45. The van der Waals surface area contributed by atoms with E-state index in [2.05, 4.69) is 45.9 Å². The predicted octanol–water partition coefficient (Wildman–Crippen LogP) is 2.09. The zero-order chi connectivity index (χ0) is 16.7. The van der Waals surface area contributed by atoms with E-state index in [0.29, 0.717) is 12.3 Å². The molecule has 3 rings (SSSR count). The lowest BCUT2D eigenvalue weighted by atomic mass is 9.96. The monoisotopic (exact) mass is 313 g/mol. The van der Waals surface area contributed by atoms with Crippen molar-refractivity contribution in [2.75, 3.05) is 18.9 Å². The van der Waals surface area contributed by atoms with Crippen molar-refractivity contribution in [2.24, 2.45) is 0 Å². The number of hydrogen-bond donors (Lipinski definition) is 3. The highest BCUT2D eigenvalue weighted by Crippen LogP contribution is 2.26. The normalized spacial score (nSPS) is 16.0. The lowest BCUT2D eigenvalue weighted by Gasteiger charge is -2.09. The fourth-order valence-corrected chi connectivity index (χ4v) is 2.50. The van der Waals surface area contributed by atoms with E-state index in [9.17, 15) is 4.79 Å². The summed E-state index contributed by atoms with van der Waals surface area (Å²) in [4.78, 5) is 23.9. The van der Waals surface area contributed by atoms with Crippen LogP contribution in [0.5, 0.6) is 0 Å². The van der Waals surface area contributed by atoms with E-state index in [1.807, 2.05) is 19.3 Å². The average Bonchev–Trinajstić information content (AvgIpc) is 3.02. The van der Waals surface area contributed by atoms with E-state index in [1.54, 1.807) is 0 Å². The van der Waals surface area contributed by atoms with Gasteiger partial charge >= 0.3 is 0 Å². The Hall–Kier alpha value is -2.89. The standard InChI is InChI=1S/C16H17N3O.CH2O2/c1-17-15-7-6-13(9-18-15)11-2-4-12(5-3-11)14-8-16(20)19-10-14;2-1-3/h2-7,9,14H,8,10H2,1H3,(H,17,18)(H,19,20);1H,(H,2,3). The SMILES string of the molecule is CNc1ccc(-c2ccc(C3CNC(=O)C3)cc2)cn1.O=CO. The van der Waals surface area contributed by atoms with Gasteiger partial charge in [-0.2, -0.15) is 0 Å². The minimum Gasteiger partial charge on any atom is -0.483 e. The largest absolute Gasteiger partial charge is 0.483 e. The van der Waals surface area contributed by atoms with Crippen molar-refractivity contribution in [1.29, 1.82) is 0 Å². The number of anilines is 1. The molecule has 2 aromatic rings. The number of pyridine rings is 1. The summed E-state index contributed by atoms with van der Waals surface area (Å²) >= 11 is 0. The molecule has 1 fully saturated rings. The Morgan fingerprint density at radius 3 is 2.35 bits per heavy atom. The van der Waals surface area contributed by atoms with Gasteiger partial charge in [-0.1, -0.05) is 24.3 Å². The molecular formula is C17H19N3O3. The van der Waals surface area contributed by atoms with Crippen molar-refractivity contribution in [3.63, 3.8) is 0 Å². The Balaban J connectivity index is 0.000000595. The molecule has 6 nitrogen and oxygen atoms in total. The van der Waals surface area contributed by atoms with E-state index in [4.69, 9.17) is 9.90 Å². The van der Waals surface area contributed by atoms with Gasteiger partial charge in [-0.25, -0.2) is 4.98 Å². The van der Waals surface area contributed by atoms with E-state index in [-0.39, 0.29) is 12.4 Å². The van der Waals surface area contributed by atoms with Crippen LogP contribution in [0.15, 0.2) is 42.6 Å². The molecule has 23 heavy (non-hydrogen) atoms. The van der Waals surface area contributed by atoms with Gasteiger partial charge in [0.25, 0.3) is 6.47 Å². The van der Waals surface area contributed by atoms with Crippen LogP contribution in [0.2, 0.25) is 0 Å². The first-order chi connectivity index (χ1) is 11.2. The molecule has 120 valence electrons. The summed E-state index contributed by atoms with van der Waals surface area (Å²) in [5.74, 6) is 1.31. The molecule has 2 heterocycles. The van der Waals surface area contributed by atoms with Crippen molar-refractivity contribution < 1.29 is 14.7 Å². The summed E-state index contributed by atoms with van der Waals surface area (Å²) in [6.07, 6.45) is 2.46. The summed E-state index contributed by atoms with van der Waals surface area (Å²) in [5, 5.41) is 12.8. The van der Waals surface area contributed by atoms with Crippen LogP contribution in [0, 0.1) is 0 Å². The molecule has 1 amide bonds. The maximum absolute atomic E-state index is 11.3. The van der Waals surface area contributed by atoms with Crippen molar-refractivity contribution >= 4 is 18.2 Å².